The highest BCUT2D eigenvalue weighted by molar-refractivity contribution is 7.99. The van der Waals surface area contributed by atoms with Crippen LogP contribution in [0, 0.1) is 6.92 Å². The molecule has 0 aliphatic carbocycles. The summed E-state index contributed by atoms with van der Waals surface area (Å²) in [6, 6.07) is 15.7. The first-order chi connectivity index (χ1) is 12.6. The van der Waals surface area contributed by atoms with E-state index in [1.54, 1.807) is 30.2 Å². The number of benzene rings is 2. The molecule has 0 aliphatic rings. The summed E-state index contributed by atoms with van der Waals surface area (Å²) in [7, 11) is 1.66. The van der Waals surface area contributed by atoms with Gasteiger partial charge in [-0.2, -0.15) is 0 Å². The molecule has 2 aromatic carbocycles. The van der Waals surface area contributed by atoms with Gasteiger partial charge in [-0.3, -0.25) is 4.79 Å². The maximum Gasteiger partial charge on any atom is 0.234 e. The Kier molecular flexibility index (Phi) is 6.30. The molecule has 0 fully saturated rings. The van der Waals surface area contributed by atoms with Crippen molar-refractivity contribution in [3.63, 3.8) is 0 Å². The van der Waals surface area contributed by atoms with Crippen molar-refractivity contribution in [3.05, 3.63) is 65.2 Å². The number of thiazole rings is 1. The number of carbonyl (C=O) groups excluding carboxylic acids is 1. The number of hydrogen-bond acceptors (Lipinski definition) is 5. The largest absolute Gasteiger partial charge is 0.497 e. The van der Waals surface area contributed by atoms with Crippen LogP contribution in [0.5, 0.6) is 5.75 Å². The number of aromatic nitrogens is 1. The first kappa shape index (κ1) is 18.5. The third-order valence-corrected chi connectivity index (χ3v) is 5.61. The van der Waals surface area contributed by atoms with Crippen LogP contribution >= 0.6 is 23.1 Å². The van der Waals surface area contributed by atoms with Crippen LogP contribution in [0.25, 0.3) is 10.6 Å². The first-order valence-corrected chi connectivity index (χ1v) is 10.2. The SMILES string of the molecule is COc1ccc(-c2nc(CSCC(=O)Nc3ccc(C)cc3)cs2)cc1. The van der Waals surface area contributed by atoms with Crippen LogP contribution in [0.15, 0.2) is 53.9 Å². The van der Waals surface area contributed by atoms with Crippen LogP contribution in [0.2, 0.25) is 0 Å². The lowest BCUT2D eigenvalue weighted by molar-refractivity contribution is -0.113. The van der Waals surface area contributed by atoms with Crippen molar-refractivity contribution in [2.45, 2.75) is 12.7 Å². The van der Waals surface area contributed by atoms with Crippen LogP contribution in [0.4, 0.5) is 5.69 Å². The Bertz CT molecular complexity index is 858. The van der Waals surface area contributed by atoms with Crippen molar-refractivity contribution in [1.29, 1.82) is 0 Å². The minimum atomic E-state index is 0.00413. The summed E-state index contributed by atoms with van der Waals surface area (Å²) in [5.41, 5.74) is 4.07. The Labute approximate surface area is 161 Å². The zero-order valence-electron chi connectivity index (χ0n) is 14.7. The van der Waals surface area contributed by atoms with E-state index in [0.29, 0.717) is 11.5 Å². The summed E-state index contributed by atoms with van der Waals surface area (Å²) in [6.07, 6.45) is 0. The number of ether oxygens (including phenoxy) is 1. The van der Waals surface area contributed by atoms with E-state index in [0.717, 1.165) is 27.7 Å². The lowest BCUT2D eigenvalue weighted by Crippen LogP contribution is -2.14. The highest BCUT2D eigenvalue weighted by Crippen LogP contribution is 2.27. The molecule has 3 rings (SSSR count). The van der Waals surface area contributed by atoms with E-state index in [1.807, 2.05) is 60.8 Å². The molecular formula is C20H20N2O2S2. The Morgan fingerprint density at radius 3 is 2.58 bits per heavy atom. The number of aryl methyl sites for hydroxylation is 1. The number of rotatable bonds is 7. The number of methoxy groups -OCH3 is 1. The van der Waals surface area contributed by atoms with Crippen molar-refractivity contribution in [1.82, 2.24) is 4.98 Å². The van der Waals surface area contributed by atoms with E-state index >= 15 is 0 Å². The number of amides is 1. The second kappa shape index (κ2) is 8.87. The standard InChI is InChI=1S/C20H20N2O2S2/c1-14-3-7-16(8-4-14)21-19(23)13-25-11-17-12-26-20(22-17)15-5-9-18(24-2)10-6-15/h3-10,12H,11,13H2,1-2H3,(H,21,23). The fourth-order valence-electron chi connectivity index (χ4n) is 2.32. The highest BCUT2D eigenvalue weighted by atomic mass is 32.2. The molecule has 6 heteroatoms. The van der Waals surface area contributed by atoms with Crippen LogP contribution in [-0.2, 0) is 10.5 Å². The molecule has 1 heterocycles. The second-order valence-corrected chi connectivity index (χ2v) is 7.62. The zero-order valence-corrected chi connectivity index (χ0v) is 16.3. The van der Waals surface area contributed by atoms with Gasteiger partial charge in [0.2, 0.25) is 5.91 Å². The van der Waals surface area contributed by atoms with Gasteiger partial charge in [-0.05, 0) is 43.3 Å². The molecule has 0 atom stereocenters. The Morgan fingerprint density at radius 1 is 1.15 bits per heavy atom. The van der Waals surface area contributed by atoms with Crippen molar-refractivity contribution >= 4 is 34.7 Å². The fourth-order valence-corrected chi connectivity index (χ4v) is 3.97. The summed E-state index contributed by atoms with van der Waals surface area (Å²) < 4.78 is 5.18. The predicted octanol–water partition coefficient (Wildman–Crippen LogP) is 5.00. The van der Waals surface area contributed by atoms with Gasteiger partial charge in [-0.15, -0.1) is 23.1 Å². The minimum absolute atomic E-state index is 0.00413. The van der Waals surface area contributed by atoms with Crippen LogP contribution in [0.1, 0.15) is 11.3 Å². The third-order valence-electron chi connectivity index (χ3n) is 3.71. The smallest absolute Gasteiger partial charge is 0.234 e. The maximum atomic E-state index is 12.0. The van der Waals surface area contributed by atoms with Crippen LogP contribution < -0.4 is 10.1 Å². The minimum Gasteiger partial charge on any atom is -0.497 e. The molecule has 1 N–H and O–H groups in total. The lowest BCUT2D eigenvalue weighted by Gasteiger charge is -2.05. The van der Waals surface area contributed by atoms with Gasteiger partial charge in [0.05, 0.1) is 18.6 Å². The van der Waals surface area contributed by atoms with E-state index in [9.17, 15) is 4.79 Å². The molecule has 0 aliphatic heterocycles. The molecule has 26 heavy (non-hydrogen) atoms. The number of nitrogens with one attached hydrogen (secondary N) is 1. The molecule has 0 radical (unpaired) electrons. The molecular weight excluding hydrogens is 364 g/mol. The average Bonchev–Trinajstić information content (AvgIpc) is 3.12. The number of nitrogens with zero attached hydrogens (tertiary/aromatic N) is 1. The summed E-state index contributed by atoms with van der Waals surface area (Å²) in [5, 5.41) is 5.93. The Morgan fingerprint density at radius 2 is 1.88 bits per heavy atom. The van der Waals surface area contributed by atoms with Gasteiger partial charge in [0.15, 0.2) is 0 Å². The summed E-state index contributed by atoms with van der Waals surface area (Å²) in [4.78, 5) is 16.7. The molecule has 0 saturated heterocycles. The van der Waals surface area contributed by atoms with E-state index in [2.05, 4.69) is 10.3 Å². The summed E-state index contributed by atoms with van der Waals surface area (Å²) in [5.74, 6) is 1.96. The van der Waals surface area contributed by atoms with Gasteiger partial charge >= 0.3 is 0 Å². The van der Waals surface area contributed by atoms with Gasteiger partial charge in [0.25, 0.3) is 0 Å². The Hall–Kier alpha value is -2.31. The number of anilines is 1. The molecule has 3 aromatic rings. The lowest BCUT2D eigenvalue weighted by atomic mass is 10.2. The van der Waals surface area contributed by atoms with E-state index in [4.69, 9.17) is 4.74 Å². The van der Waals surface area contributed by atoms with Crippen molar-refractivity contribution in [2.75, 3.05) is 18.2 Å². The van der Waals surface area contributed by atoms with Gasteiger partial charge in [-0.25, -0.2) is 4.98 Å². The van der Waals surface area contributed by atoms with E-state index in [1.165, 1.54) is 5.56 Å². The van der Waals surface area contributed by atoms with Gasteiger partial charge in [0, 0.05) is 22.4 Å². The first-order valence-electron chi connectivity index (χ1n) is 8.17. The molecule has 1 aromatic heterocycles. The third kappa shape index (κ3) is 5.09. The highest BCUT2D eigenvalue weighted by Gasteiger charge is 2.07. The van der Waals surface area contributed by atoms with Crippen molar-refractivity contribution in [2.24, 2.45) is 0 Å². The zero-order chi connectivity index (χ0) is 18.4. The second-order valence-electron chi connectivity index (χ2n) is 5.78. The number of thioether (sulfide) groups is 1. The van der Waals surface area contributed by atoms with Gasteiger partial charge in [0.1, 0.15) is 10.8 Å². The topological polar surface area (TPSA) is 51.2 Å². The molecule has 0 spiro atoms. The van der Waals surface area contributed by atoms with E-state index in [-0.39, 0.29) is 5.91 Å². The summed E-state index contributed by atoms with van der Waals surface area (Å²) >= 11 is 3.18. The molecule has 0 saturated carbocycles. The summed E-state index contributed by atoms with van der Waals surface area (Å²) in [6.45, 7) is 2.02. The average molecular weight is 385 g/mol. The maximum absolute atomic E-state index is 12.0. The monoisotopic (exact) mass is 384 g/mol. The number of hydrogen-bond donors (Lipinski definition) is 1. The molecule has 134 valence electrons. The van der Waals surface area contributed by atoms with Crippen LogP contribution in [0.3, 0.4) is 0 Å². The quantitative estimate of drug-likeness (QED) is 0.623. The fraction of sp³-hybridized carbons (Fsp3) is 0.200. The van der Waals surface area contributed by atoms with Crippen molar-refractivity contribution in [3.8, 4) is 16.3 Å². The Balaban J connectivity index is 1.48. The van der Waals surface area contributed by atoms with Crippen molar-refractivity contribution < 1.29 is 9.53 Å². The van der Waals surface area contributed by atoms with E-state index < -0.39 is 0 Å². The van der Waals surface area contributed by atoms with Gasteiger partial charge < -0.3 is 10.1 Å². The molecule has 0 unspecified atom stereocenters. The molecule has 0 bridgehead atoms. The molecule has 1 amide bonds. The molecule has 4 nitrogen and oxygen atoms in total. The predicted molar refractivity (Wildman–Crippen MR) is 110 cm³/mol. The van der Waals surface area contributed by atoms with Crippen LogP contribution in [-0.4, -0.2) is 23.8 Å². The number of carbonyl (C=O) groups is 1. The normalized spacial score (nSPS) is 10.5. The van der Waals surface area contributed by atoms with Gasteiger partial charge in [-0.1, -0.05) is 17.7 Å².